The van der Waals surface area contributed by atoms with Crippen LogP contribution >= 0.6 is 0 Å². The lowest BCUT2D eigenvalue weighted by Gasteiger charge is -2.12. The molecule has 1 aliphatic heterocycles. The smallest absolute Gasteiger partial charge is 0.231 e. The summed E-state index contributed by atoms with van der Waals surface area (Å²) in [6.07, 6.45) is 1.54. The van der Waals surface area contributed by atoms with E-state index in [1.165, 1.54) is 6.33 Å². The first kappa shape index (κ1) is 15.4. The fourth-order valence-corrected chi connectivity index (χ4v) is 3.02. The third-order valence-electron chi connectivity index (χ3n) is 4.28. The van der Waals surface area contributed by atoms with Crippen molar-refractivity contribution in [1.82, 2.24) is 15.3 Å². The number of aromatic nitrogens is 2. The van der Waals surface area contributed by atoms with Gasteiger partial charge in [0.05, 0.1) is 5.52 Å². The number of benzene rings is 2. The molecule has 126 valence electrons. The number of amides is 1. The molecule has 0 saturated carbocycles. The van der Waals surface area contributed by atoms with Gasteiger partial charge < -0.3 is 15.4 Å². The number of rotatable bonds is 5. The van der Waals surface area contributed by atoms with E-state index in [2.05, 4.69) is 20.6 Å². The SMILES string of the molecule is O=C(NCCNc1ncnc2ccccc12)C1COc2ccccc21. The lowest BCUT2D eigenvalue weighted by Crippen LogP contribution is -2.33. The lowest BCUT2D eigenvalue weighted by atomic mass is 10.0. The zero-order valence-corrected chi connectivity index (χ0v) is 13.6. The fraction of sp³-hybridized carbons (Fsp3) is 0.211. The van der Waals surface area contributed by atoms with E-state index < -0.39 is 0 Å². The van der Waals surface area contributed by atoms with Gasteiger partial charge in [-0.25, -0.2) is 9.97 Å². The molecule has 0 fully saturated rings. The van der Waals surface area contributed by atoms with E-state index in [9.17, 15) is 4.79 Å². The van der Waals surface area contributed by atoms with Crippen molar-refractivity contribution in [3.05, 3.63) is 60.4 Å². The number of anilines is 1. The molecule has 3 aromatic rings. The van der Waals surface area contributed by atoms with Gasteiger partial charge in [0, 0.05) is 24.0 Å². The molecule has 1 aromatic heterocycles. The number of hydrogen-bond donors (Lipinski definition) is 2. The van der Waals surface area contributed by atoms with E-state index in [1.54, 1.807) is 0 Å². The predicted molar refractivity (Wildman–Crippen MR) is 95.7 cm³/mol. The summed E-state index contributed by atoms with van der Waals surface area (Å²) < 4.78 is 5.56. The van der Waals surface area contributed by atoms with Crippen LogP contribution < -0.4 is 15.4 Å². The van der Waals surface area contributed by atoms with Gasteiger partial charge in [-0.2, -0.15) is 0 Å². The summed E-state index contributed by atoms with van der Waals surface area (Å²) in [4.78, 5) is 20.9. The van der Waals surface area contributed by atoms with Crippen molar-refractivity contribution in [1.29, 1.82) is 0 Å². The number of hydrogen-bond acceptors (Lipinski definition) is 5. The second-order valence-electron chi connectivity index (χ2n) is 5.86. The summed E-state index contributed by atoms with van der Waals surface area (Å²) in [6.45, 7) is 1.49. The minimum absolute atomic E-state index is 0.0145. The van der Waals surface area contributed by atoms with Crippen molar-refractivity contribution in [2.75, 3.05) is 25.0 Å². The maximum atomic E-state index is 12.4. The summed E-state index contributed by atoms with van der Waals surface area (Å²) in [6, 6.07) is 15.5. The van der Waals surface area contributed by atoms with Crippen LogP contribution in [0, 0.1) is 0 Å². The van der Waals surface area contributed by atoms with E-state index in [-0.39, 0.29) is 11.8 Å². The van der Waals surface area contributed by atoms with Crippen molar-refractivity contribution < 1.29 is 9.53 Å². The van der Waals surface area contributed by atoms with E-state index in [4.69, 9.17) is 4.74 Å². The summed E-state index contributed by atoms with van der Waals surface area (Å²) in [5.74, 6) is 1.32. The van der Waals surface area contributed by atoms with Crippen LogP contribution in [0.1, 0.15) is 11.5 Å². The number of carbonyl (C=O) groups excluding carboxylic acids is 1. The molecular weight excluding hydrogens is 316 g/mol. The molecule has 0 bridgehead atoms. The van der Waals surface area contributed by atoms with Gasteiger partial charge in [-0.3, -0.25) is 4.79 Å². The van der Waals surface area contributed by atoms with Gasteiger partial charge in [-0.15, -0.1) is 0 Å². The molecule has 2 N–H and O–H groups in total. The number of nitrogens with zero attached hydrogens (tertiary/aromatic N) is 2. The Morgan fingerprint density at radius 3 is 2.88 bits per heavy atom. The van der Waals surface area contributed by atoms with Gasteiger partial charge in [-0.1, -0.05) is 30.3 Å². The number of carbonyl (C=O) groups is 1. The van der Waals surface area contributed by atoms with Gasteiger partial charge in [0.15, 0.2) is 0 Å². The molecule has 1 aliphatic rings. The molecule has 0 radical (unpaired) electrons. The van der Waals surface area contributed by atoms with E-state index >= 15 is 0 Å². The summed E-state index contributed by atoms with van der Waals surface area (Å²) >= 11 is 0. The maximum Gasteiger partial charge on any atom is 0.231 e. The normalized spacial score (nSPS) is 15.4. The zero-order valence-electron chi connectivity index (χ0n) is 13.6. The van der Waals surface area contributed by atoms with E-state index in [0.717, 1.165) is 28.0 Å². The van der Waals surface area contributed by atoms with Crippen molar-refractivity contribution in [2.24, 2.45) is 0 Å². The van der Waals surface area contributed by atoms with Crippen LogP contribution in [0.15, 0.2) is 54.9 Å². The highest BCUT2D eigenvalue weighted by Crippen LogP contribution is 2.33. The average Bonchev–Trinajstić information content (AvgIpc) is 3.09. The van der Waals surface area contributed by atoms with Crippen LogP contribution in [0.3, 0.4) is 0 Å². The van der Waals surface area contributed by atoms with Crippen LogP contribution in [-0.2, 0) is 4.79 Å². The third-order valence-corrected chi connectivity index (χ3v) is 4.28. The number of fused-ring (bicyclic) bond motifs is 2. The topological polar surface area (TPSA) is 76.1 Å². The van der Waals surface area contributed by atoms with E-state index in [0.29, 0.717) is 19.7 Å². The second kappa shape index (κ2) is 6.76. The fourth-order valence-electron chi connectivity index (χ4n) is 3.02. The molecule has 25 heavy (non-hydrogen) atoms. The van der Waals surface area contributed by atoms with Gasteiger partial charge >= 0.3 is 0 Å². The predicted octanol–water partition coefficient (Wildman–Crippen LogP) is 2.33. The van der Waals surface area contributed by atoms with Crippen LogP contribution in [0.4, 0.5) is 5.82 Å². The second-order valence-corrected chi connectivity index (χ2v) is 5.86. The Hall–Kier alpha value is -3.15. The monoisotopic (exact) mass is 334 g/mol. The average molecular weight is 334 g/mol. The minimum Gasteiger partial charge on any atom is -0.492 e. The quantitative estimate of drug-likeness (QED) is 0.701. The Bertz CT molecular complexity index is 907. The van der Waals surface area contributed by atoms with Gasteiger partial charge in [0.25, 0.3) is 0 Å². The van der Waals surface area contributed by atoms with Crippen LogP contribution in [0.25, 0.3) is 10.9 Å². The highest BCUT2D eigenvalue weighted by molar-refractivity contribution is 5.88. The maximum absolute atomic E-state index is 12.4. The Morgan fingerprint density at radius 1 is 1.08 bits per heavy atom. The van der Waals surface area contributed by atoms with Gasteiger partial charge in [-0.05, 0) is 18.2 Å². The Kier molecular flexibility index (Phi) is 4.16. The third kappa shape index (κ3) is 3.10. The highest BCUT2D eigenvalue weighted by atomic mass is 16.5. The molecule has 6 nitrogen and oxygen atoms in total. The van der Waals surface area contributed by atoms with Gasteiger partial charge in [0.2, 0.25) is 5.91 Å². The standard InChI is InChI=1S/C19H18N4O2/c24-19(15-11-25-17-8-4-2-5-13(15)17)21-10-9-20-18-14-6-1-3-7-16(14)22-12-23-18/h1-8,12,15H,9-11H2,(H,21,24)(H,20,22,23). The molecule has 4 rings (SSSR count). The van der Waals surface area contributed by atoms with Crippen molar-refractivity contribution in [3.63, 3.8) is 0 Å². The molecule has 0 saturated heterocycles. The number of para-hydroxylation sites is 2. The molecule has 0 spiro atoms. The Balaban J connectivity index is 1.33. The summed E-state index contributed by atoms with van der Waals surface area (Å²) in [5.41, 5.74) is 1.85. The molecule has 0 aliphatic carbocycles. The van der Waals surface area contributed by atoms with Crippen LogP contribution in [-0.4, -0.2) is 35.6 Å². The molecule has 1 atom stereocenters. The molecule has 2 aromatic carbocycles. The first-order chi connectivity index (χ1) is 12.3. The molecule has 2 heterocycles. The van der Waals surface area contributed by atoms with Crippen molar-refractivity contribution in [2.45, 2.75) is 5.92 Å². The van der Waals surface area contributed by atoms with Gasteiger partial charge in [0.1, 0.15) is 30.4 Å². The molecule has 1 unspecified atom stereocenters. The largest absolute Gasteiger partial charge is 0.492 e. The first-order valence-electron chi connectivity index (χ1n) is 8.26. The number of ether oxygens (including phenoxy) is 1. The van der Waals surface area contributed by atoms with Crippen molar-refractivity contribution >= 4 is 22.6 Å². The first-order valence-corrected chi connectivity index (χ1v) is 8.26. The Morgan fingerprint density at radius 2 is 1.92 bits per heavy atom. The Labute approximate surface area is 145 Å². The summed E-state index contributed by atoms with van der Waals surface area (Å²) in [5, 5.41) is 7.18. The number of nitrogens with one attached hydrogen (secondary N) is 2. The lowest BCUT2D eigenvalue weighted by molar-refractivity contribution is -0.122. The zero-order chi connectivity index (χ0) is 17.1. The minimum atomic E-state index is -0.240. The highest BCUT2D eigenvalue weighted by Gasteiger charge is 2.29. The van der Waals surface area contributed by atoms with Crippen LogP contribution in [0.2, 0.25) is 0 Å². The van der Waals surface area contributed by atoms with Crippen LogP contribution in [0.5, 0.6) is 5.75 Å². The summed E-state index contributed by atoms with van der Waals surface area (Å²) in [7, 11) is 0. The molecule has 6 heteroatoms. The molecule has 1 amide bonds. The van der Waals surface area contributed by atoms with Crippen molar-refractivity contribution in [3.8, 4) is 5.75 Å². The van der Waals surface area contributed by atoms with E-state index in [1.807, 2.05) is 48.5 Å². The molecular formula is C19H18N4O2.